The highest BCUT2D eigenvalue weighted by Gasteiger charge is 2.41. The number of rotatable bonds is 28. The molecule has 0 spiro atoms. The fourth-order valence-corrected chi connectivity index (χ4v) is 7.88. The van der Waals surface area contributed by atoms with Crippen LogP contribution in [0, 0.1) is 5.92 Å². The Kier molecular flexibility index (Phi) is 25.7. The highest BCUT2D eigenvalue weighted by molar-refractivity contribution is 6.60. The van der Waals surface area contributed by atoms with Gasteiger partial charge in [-0.3, -0.25) is 4.39 Å². The van der Waals surface area contributed by atoms with Gasteiger partial charge in [-0.2, -0.15) is 0 Å². The van der Waals surface area contributed by atoms with Crippen LogP contribution in [0.4, 0.5) is 4.39 Å². The lowest BCUT2D eigenvalue weighted by molar-refractivity contribution is 0.0339. The van der Waals surface area contributed by atoms with Crippen molar-refractivity contribution in [2.75, 3.05) is 19.9 Å². The molecule has 0 aromatic rings. The van der Waals surface area contributed by atoms with E-state index in [1.165, 1.54) is 96.3 Å². The van der Waals surface area contributed by atoms with Gasteiger partial charge in [0.1, 0.15) is 0 Å². The molecule has 212 valence electrons. The molecule has 0 aromatic carbocycles. The Morgan fingerprint density at radius 3 is 1.60 bits per heavy atom. The van der Waals surface area contributed by atoms with Crippen LogP contribution >= 0.6 is 0 Å². The van der Waals surface area contributed by atoms with E-state index in [2.05, 4.69) is 34.6 Å². The van der Waals surface area contributed by atoms with Crippen LogP contribution in [0.5, 0.6) is 0 Å². The Morgan fingerprint density at radius 1 is 0.571 bits per heavy atom. The summed E-state index contributed by atoms with van der Waals surface area (Å²) in [7, 11) is -2.60. The zero-order valence-corrected chi connectivity index (χ0v) is 25.5. The minimum atomic E-state index is -2.60. The second-order valence-electron chi connectivity index (χ2n) is 10.7. The van der Waals surface area contributed by atoms with Crippen LogP contribution in [0.1, 0.15) is 157 Å². The number of hydrogen-bond donors (Lipinski definition) is 0. The first-order valence-electron chi connectivity index (χ1n) is 15.5. The summed E-state index contributed by atoms with van der Waals surface area (Å²) in [6.07, 6.45) is 23.9. The van der Waals surface area contributed by atoms with E-state index in [1.807, 2.05) is 0 Å². The maximum Gasteiger partial charge on any atom is 0.501 e. The molecule has 0 fully saturated rings. The largest absolute Gasteiger partial charge is 0.501 e. The molecule has 3 nitrogen and oxygen atoms in total. The molecule has 0 aromatic heterocycles. The lowest BCUT2D eigenvalue weighted by atomic mass is 9.96. The maximum absolute atomic E-state index is 12.2. The Labute approximate surface area is 221 Å². The highest BCUT2D eigenvalue weighted by atomic mass is 28.4. The average Bonchev–Trinajstić information content (AvgIpc) is 2.83. The van der Waals surface area contributed by atoms with E-state index in [1.54, 1.807) is 0 Å². The van der Waals surface area contributed by atoms with E-state index < -0.39 is 8.80 Å². The molecule has 0 aliphatic heterocycles. The molecule has 0 bridgehead atoms. The van der Waals surface area contributed by atoms with Crippen molar-refractivity contribution in [2.45, 2.75) is 169 Å². The molecular formula is C30H63FO3Si. The van der Waals surface area contributed by atoms with Crippen molar-refractivity contribution in [3.05, 3.63) is 0 Å². The molecule has 0 aliphatic rings. The molecule has 5 heteroatoms. The zero-order valence-electron chi connectivity index (χ0n) is 24.5. The van der Waals surface area contributed by atoms with Crippen molar-refractivity contribution < 1.29 is 17.7 Å². The fourth-order valence-electron chi connectivity index (χ4n) is 4.96. The van der Waals surface area contributed by atoms with Gasteiger partial charge in [0.05, 0.1) is 6.67 Å². The minimum Gasteiger partial charge on any atom is -0.374 e. The van der Waals surface area contributed by atoms with Crippen LogP contribution in [-0.2, 0) is 13.3 Å². The van der Waals surface area contributed by atoms with E-state index >= 15 is 0 Å². The van der Waals surface area contributed by atoms with Crippen LogP contribution < -0.4 is 0 Å². The van der Waals surface area contributed by atoms with Crippen molar-refractivity contribution in [1.29, 1.82) is 0 Å². The molecule has 0 heterocycles. The topological polar surface area (TPSA) is 27.7 Å². The number of alkyl halides is 1. The van der Waals surface area contributed by atoms with Gasteiger partial charge in [0.2, 0.25) is 0 Å². The Hall–Kier alpha value is 0.0269. The number of unbranched alkanes of at least 4 members (excludes halogenated alkanes) is 13. The first kappa shape index (κ1) is 35.0. The van der Waals surface area contributed by atoms with Gasteiger partial charge < -0.3 is 13.3 Å². The second-order valence-corrected chi connectivity index (χ2v) is 13.4. The summed E-state index contributed by atoms with van der Waals surface area (Å²) < 4.78 is 31.1. The van der Waals surface area contributed by atoms with Gasteiger partial charge in [-0.15, -0.1) is 0 Å². The molecule has 2 unspecified atom stereocenters. The summed E-state index contributed by atoms with van der Waals surface area (Å²) in [6.45, 7) is 12.2. The van der Waals surface area contributed by atoms with E-state index in [9.17, 15) is 4.39 Å². The van der Waals surface area contributed by atoms with Crippen molar-refractivity contribution in [2.24, 2.45) is 5.92 Å². The maximum atomic E-state index is 12.2. The second kappa shape index (κ2) is 25.7. The third-order valence-electron chi connectivity index (χ3n) is 7.08. The van der Waals surface area contributed by atoms with Crippen LogP contribution in [0.2, 0.25) is 6.04 Å². The summed E-state index contributed by atoms with van der Waals surface area (Å²) in [5.74, 6) is 0.815. The van der Waals surface area contributed by atoms with Crippen LogP contribution in [-0.4, -0.2) is 34.8 Å². The zero-order chi connectivity index (χ0) is 26.0. The lowest BCUT2D eigenvalue weighted by Crippen LogP contribution is -2.48. The van der Waals surface area contributed by atoms with E-state index in [4.69, 9.17) is 13.3 Å². The number of hydrogen-bond acceptors (Lipinski definition) is 3. The third kappa shape index (κ3) is 21.8. The van der Waals surface area contributed by atoms with E-state index in [0.717, 1.165) is 37.6 Å². The molecule has 35 heavy (non-hydrogen) atoms. The first-order chi connectivity index (χ1) is 17.0. The summed E-state index contributed by atoms with van der Waals surface area (Å²) in [6, 6.07) is 0.926. The Bertz CT molecular complexity index is 418. The van der Waals surface area contributed by atoms with Gasteiger partial charge >= 0.3 is 8.80 Å². The monoisotopic (exact) mass is 518 g/mol. The SMILES string of the molecule is CCCCCCCCCC(C)CCCC(C)O[Si](CCCCCCCCCCF)(OCC)OCC. The highest BCUT2D eigenvalue weighted by Crippen LogP contribution is 2.25. The van der Waals surface area contributed by atoms with Gasteiger partial charge in [-0.05, 0) is 46.0 Å². The Morgan fingerprint density at radius 2 is 1.06 bits per heavy atom. The lowest BCUT2D eigenvalue weighted by Gasteiger charge is -2.32. The standard InChI is InChI=1S/C30H63FO3Si/c1-6-9-10-11-14-17-20-24-29(4)25-23-26-30(5)34-35(32-7-2,33-8-3)28-22-19-16-13-12-15-18-21-27-31/h29-30H,6-28H2,1-5H3. The van der Waals surface area contributed by atoms with Crippen LogP contribution in [0.3, 0.4) is 0 Å². The summed E-state index contributed by atoms with van der Waals surface area (Å²) >= 11 is 0. The van der Waals surface area contributed by atoms with Crippen molar-refractivity contribution >= 4 is 8.80 Å². The van der Waals surface area contributed by atoms with Gasteiger partial charge in [0, 0.05) is 25.4 Å². The van der Waals surface area contributed by atoms with E-state index in [0.29, 0.717) is 13.2 Å². The van der Waals surface area contributed by atoms with Crippen molar-refractivity contribution in [3.63, 3.8) is 0 Å². The quantitative estimate of drug-likeness (QED) is 0.0761. The third-order valence-corrected chi connectivity index (χ3v) is 10.3. The average molecular weight is 519 g/mol. The van der Waals surface area contributed by atoms with Gasteiger partial charge in [0.15, 0.2) is 0 Å². The molecule has 0 amide bonds. The van der Waals surface area contributed by atoms with Crippen LogP contribution in [0.15, 0.2) is 0 Å². The predicted molar refractivity (Wildman–Crippen MR) is 153 cm³/mol. The molecule has 0 saturated carbocycles. The minimum absolute atomic E-state index is 0.168. The fraction of sp³-hybridized carbons (Fsp3) is 1.00. The van der Waals surface area contributed by atoms with Gasteiger partial charge in [-0.1, -0.05) is 117 Å². The molecule has 0 aliphatic carbocycles. The Balaban J connectivity index is 4.17. The van der Waals surface area contributed by atoms with Crippen molar-refractivity contribution in [3.8, 4) is 0 Å². The first-order valence-corrected chi connectivity index (χ1v) is 17.5. The summed E-state index contributed by atoms with van der Waals surface area (Å²) in [5, 5.41) is 0. The molecule has 0 N–H and O–H groups in total. The normalized spacial score (nSPS) is 13.9. The number of halogens is 1. The summed E-state index contributed by atoms with van der Waals surface area (Å²) in [5.41, 5.74) is 0. The van der Waals surface area contributed by atoms with Gasteiger partial charge in [-0.25, -0.2) is 0 Å². The van der Waals surface area contributed by atoms with E-state index in [-0.39, 0.29) is 12.8 Å². The molecule has 0 saturated heterocycles. The molecule has 0 radical (unpaired) electrons. The smallest absolute Gasteiger partial charge is 0.374 e. The van der Waals surface area contributed by atoms with Gasteiger partial charge in [0.25, 0.3) is 0 Å². The van der Waals surface area contributed by atoms with Crippen molar-refractivity contribution in [1.82, 2.24) is 0 Å². The predicted octanol–water partition coefficient (Wildman–Crippen LogP) is 10.4. The van der Waals surface area contributed by atoms with Crippen LogP contribution in [0.25, 0.3) is 0 Å². The summed E-state index contributed by atoms with van der Waals surface area (Å²) in [4.78, 5) is 0. The molecule has 0 rings (SSSR count). The molecule has 2 atom stereocenters. The molecular weight excluding hydrogens is 455 g/mol.